The van der Waals surface area contributed by atoms with E-state index in [-0.39, 0.29) is 11.6 Å². The molecular weight excluding hydrogens is 279 g/mol. The van der Waals surface area contributed by atoms with Crippen molar-refractivity contribution in [2.75, 3.05) is 5.73 Å². The van der Waals surface area contributed by atoms with Crippen molar-refractivity contribution in [1.82, 2.24) is 5.32 Å². The second-order valence-corrected chi connectivity index (χ2v) is 4.93. The van der Waals surface area contributed by atoms with E-state index in [9.17, 15) is 9.18 Å². The van der Waals surface area contributed by atoms with Crippen molar-refractivity contribution in [1.29, 1.82) is 0 Å². The van der Waals surface area contributed by atoms with Crippen LogP contribution >= 0.6 is 11.6 Å². The monoisotopic (exact) mass is 292 g/mol. The van der Waals surface area contributed by atoms with Crippen molar-refractivity contribution in [3.8, 4) is 0 Å². The summed E-state index contributed by atoms with van der Waals surface area (Å²) in [6, 6.07) is 10.7. The number of hydrogen-bond donors (Lipinski definition) is 2. The van der Waals surface area contributed by atoms with E-state index < -0.39 is 11.7 Å². The normalized spacial score (nSPS) is 11.9. The Hall–Kier alpha value is -2.07. The minimum atomic E-state index is -0.602. The Labute approximate surface area is 121 Å². The van der Waals surface area contributed by atoms with Gasteiger partial charge in [-0.05, 0) is 42.8 Å². The molecule has 3 nitrogen and oxygen atoms in total. The Bertz CT molecular complexity index is 646. The van der Waals surface area contributed by atoms with Crippen molar-refractivity contribution in [3.63, 3.8) is 0 Å². The SMILES string of the molecule is CC(NC(=O)c1cc(N)ccc1F)c1cccc(Cl)c1. The molecule has 104 valence electrons. The molecule has 0 radical (unpaired) electrons. The summed E-state index contributed by atoms with van der Waals surface area (Å²) < 4.78 is 13.6. The van der Waals surface area contributed by atoms with Gasteiger partial charge in [-0.25, -0.2) is 4.39 Å². The molecule has 20 heavy (non-hydrogen) atoms. The third-order valence-corrected chi connectivity index (χ3v) is 3.17. The summed E-state index contributed by atoms with van der Waals surface area (Å²) in [5.74, 6) is -1.11. The molecule has 2 aromatic carbocycles. The maximum Gasteiger partial charge on any atom is 0.254 e. The Morgan fingerprint density at radius 3 is 2.75 bits per heavy atom. The van der Waals surface area contributed by atoms with Gasteiger partial charge in [-0.15, -0.1) is 0 Å². The lowest BCUT2D eigenvalue weighted by atomic mass is 10.1. The molecule has 2 aromatic rings. The van der Waals surface area contributed by atoms with Crippen molar-refractivity contribution >= 4 is 23.2 Å². The molecule has 0 aromatic heterocycles. The Morgan fingerprint density at radius 2 is 2.05 bits per heavy atom. The van der Waals surface area contributed by atoms with Crippen LogP contribution in [-0.4, -0.2) is 5.91 Å². The van der Waals surface area contributed by atoms with Crippen molar-refractivity contribution < 1.29 is 9.18 Å². The van der Waals surface area contributed by atoms with Gasteiger partial charge in [0, 0.05) is 10.7 Å². The minimum absolute atomic E-state index is 0.0705. The van der Waals surface area contributed by atoms with Crippen LogP contribution in [0.1, 0.15) is 28.9 Å². The lowest BCUT2D eigenvalue weighted by Crippen LogP contribution is -2.27. The number of carbonyl (C=O) groups excluding carboxylic acids is 1. The number of anilines is 1. The zero-order chi connectivity index (χ0) is 14.7. The zero-order valence-corrected chi connectivity index (χ0v) is 11.6. The van der Waals surface area contributed by atoms with Gasteiger partial charge in [0.2, 0.25) is 0 Å². The zero-order valence-electron chi connectivity index (χ0n) is 10.9. The molecule has 0 spiro atoms. The first-order valence-corrected chi connectivity index (χ1v) is 6.46. The third kappa shape index (κ3) is 3.27. The smallest absolute Gasteiger partial charge is 0.254 e. The number of nitrogen functional groups attached to an aromatic ring is 1. The van der Waals surface area contributed by atoms with Crippen molar-refractivity contribution in [2.45, 2.75) is 13.0 Å². The van der Waals surface area contributed by atoms with Gasteiger partial charge in [0.05, 0.1) is 11.6 Å². The number of carbonyl (C=O) groups is 1. The highest BCUT2D eigenvalue weighted by Gasteiger charge is 2.15. The summed E-state index contributed by atoms with van der Waals surface area (Å²) in [5.41, 5.74) is 6.67. The van der Waals surface area contributed by atoms with Gasteiger partial charge in [-0.1, -0.05) is 23.7 Å². The number of amides is 1. The van der Waals surface area contributed by atoms with Gasteiger partial charge in [0.1, 0.15) is 5.82 Å². The van der Waals surface area contributed by atoms with Crippen LogP contribution in [0.3, 0.4) is 0 Å². The molecule has 0 bridgehead atoms. The maximum absolute atomic E-state index is 13.6. The highest BCUT2D eigenvalue weighted by Crippen LogP contribution is 2.19. The second-order valence-electron chi connectivity index (χ2n) is 4.49. The van der Waals surface area contributed by atoms with Crippen LogP contribution in [0.2, 0.25) is 5.02 Å². The van der Waals surface area contributed by atoms with E-state index in [1.165, 1.54) is 18.2 Å². The summed E-state index contributed by atoms with van der Waals surface area (Å²) in [7, 11) is 0. The molecule has 2 rings (SSSR count). The first-order valence-electron chi connectivity index (χ1n) is 6.08. The predicted octanol–water partition coefficient (Wildman–Crippen LogP) is 3.55. The van der Waals surface area contributed by atoms with Crippen LogP contribution in [-0.2, 0) is 0 Å². The van der Waals surface area contributed by atoms with Gasteiger partial charge >= 0.3 is 0 Å². The molecule has 3 N–H and O–H groups in total. The molecule has 0 saturated heterocycles. The van der Waals surface area contributed by atoms with Gasteiger partial charge < -0.3 is 11.1 Å². The summed E-state index contributed by atoms with van der Waals surface area (Å²) >= 11 is 5.90. The third-order valence-electron chi connectivity index (χ3n) is 2.93. The average Bonchev–Trinajstić information content (AvgIpc) is 2.41. The fourth-order valence-electron chi connectivity index (χ4n) is 1.85. The summed E-state index contributed by atoms with van der Waals surface area (Å²) in [6.07, 6.45) is 0. The van der Waals surface area contributed by atoms with E-state index in [1.54, 1.807) is 25.1 Å². The molecule has 0 aliphatic rings. The number of rotatable bonds is 3. The lowest BCUT2D eigenvalue weighted by molar-refractivity contribution is 0.0936. The minimum Gasteiger partial charge on any atom is -0.399 e. The fraction of sp³-hybridized carbons (Fsp3) is 0.133. The number of benzene rings is 2. The largest absolute Gasteiger partial charge is 0.399 e. The summed E-state index contributed by atoms with van der Waals surface area (Å²) in [5, 5.41) is 3.30. The van der Waals surface area contributed by atoms with Crippen LogP contribution in [0.15, 0.2) is 42.5 Å². The molecule has 0 fully saturated rings. The van der Waals surface area contributed by atoms with Crippen molar-refractivity contribution in [3.05, 3.63) is 64.4 Å². The molecule has 0 heterocycles. The summed E-state index contributed by atoms with van der Waals surface area (Å²) in [6.45, 7) is 1.80. The van der Waals surface area contributed by atoms with E-state index in [0.717, 1.165) is 5.56 Å². The molecule has 5 heteroatoms. The quantitative estimate of drug-likeness (QED) is 0.850. The van der Waals surface area contributed by atoms with E-state index in [0.29, 0.717) is 10.7 Å². The molecule has 0 aliphatic heterocycles. The van der Waals surface area contributed by atoms with E-state index >= 15 is 0 Å². The molecule has 1 unspecified atom stereocenters. The fourth-order valence-corrected chi connectivity index (χ4v) is 2.05. The number of nitrogens with two attached hydrogens (primary N) is 1. The number of nitrogens with one attached hydrogen (secondary N) is 1. The van der Waals surface area contributed by atoms with Crippen LogP contribution < -0.4 is 11.1 Å². The Morgan fingerprint density at radius 1 is 1.30 bits per heavy atom. The van der Waals surface area contributed by atoms with Crippen LogP contribution in [0.25, 0.3) is 0 Å². The second kappa shape index (κ2) is 5.92. The molecule has 1 atom stereocenters. The first-order chi connectivity index (χ1) is 9.47. The van der Waals surface area contributed by atoms with Gasteiger partial charge in [-0.3, -0.25) is 4.79 Å². The van der Waals surface area contributed by atoms with E-state index in [1.807, 2.05) is 6.07 Å². The highest BCUT2D eigenvalue weighted by molar-refractivity contribution is 6.30. The summed E-state index contributed by atoms with van der Waals surface area (Å²) in [4.78, 5) is 12.0. The van der Waals surface area contributed by atoms with Gasteiger partial charge in [-0.2, -0.15) is 0 Å². The molecule has 1 amide bonds. The van der Waals surface area contributed by atoms with Gasteiger partial charge in [0.25, 0.3) is 5.91 Å². The van der Waals surface area contributed by atoms with Crippen LogP contribution in [0.4, 0.5) is 10.1 Å². The van der Waals surface area contributed by atoms with Crippen LogP contribution in [0.5, 0.6) is 0 Å². The predicted molar refractivity (Wildman–Crippen MR) is 78.1 cm³/mol. The molecule has 0 aliphatic carbocycles. The van der Waals surface area contributed by atoms with Crippen molar-refractivity contribution in [2.24, 2.45) is 0 Å². The lowest BCUT2D eigenvalue weighted by Gasteiger charge is -2.15. The maximum atomic E-state index is 13.6. The Kier molecular flexibility index (Phi) is 4.25. The first kappa shape index (κ1) is 14.3. The standard InChI is InChI=1S/C15H14ClFN2O/c1-9(10-3-2-4-11(16)7-10)19-15(20)13-8-12(18)5-6-14(13)17/h2-9H,18H2,1H3,(H,19,20). The number of halogens is 2. The van der Waals surface area contributed by atoms with Gasteiger partial charge in [0.15, 0.2) is 0 Å². The average molecular weight is 293 g/mol. The molecule has 0 saturated carbocycles. The van der Waals surface area contributed by atoms with Crippen LogP contribution in [0, 0.1) is 5.82 Å². The molecular formula is C15H14ClFN2O. The van der Waals surface area contributed by atoms with E-state index in [2.05, 4.69) is 5.32 Å². The number of hydrogen-bond acceptors (Lipinski definition) is 2. The van der Waals surface area contributed by atoms with E-state index in [4.69, 9.17) is 17.3 Å². The highest BCUT2D eigenvalue weighted by atomic mass is 35.5. The topological polar surface area (TPSA) is 55.1 Å². The Balaban J connectivity index is 2.17.